The molecule has 0 aliphatic heterocycles. The second-order valence-electron chi connectivity index (χ2n) is 4.69. The Morgan fingerprint density at radius 3 is 0.591 bits per heavy atom. The Morgan fingerprint density at radius 2 is 0.500 bits per heavy atom. The van der Waals surface area contributed by atoms with Gasteiger partial charge >= 0.3 is 26.7 Å². The summed E-state index contributed by atoms with van der Waals surface area (Å²) in [6.45, 7) is 0. The maximum Gasteiger partial charge on any atom is 1.00 e. The summed E-state index contributed by atoms with van der Waals surface area (Å²) in [5, 5.41) is 0. The predicted octanol–water partition coefficient (Wildman–Crippen LogP) is 6.64. The molecule has 0 aromatic carbocycles. The van der Waals surface area contributed by atoms with Crippen molar-refractivity contribution in [2.24, 2.45) is 0 Å². The van der Waals surface area contributed by atoms with Crippen molar-refractivity contribution < 1.29 is 36.7 Å². The Kier molecular flexibility index (Phi) is 18.0. The molecule has 0 radical (unpaired) electrons. The molecule has 6 heteroatoms. The maximum atomic E-state index is 9.75. The van der Waals surface area contributed by atoms with Crippen LogP contribution in [0.1, 0.15) is 51.4 Å². The zero-order chi connectivity index (χ0) is 15.8. The molecule has 22 heavy (non-hydrogen) atoms. The first-order valence-corrected chi connectivity index (χ1v) is 7.47. The van der Waals surface area contributed by atoms with Gasteiger partial charge < -0.3 is 17.3 Å². The first-order chi connectivity index (χ1) is 10.0. The fourth-order valence-electron chi connectivity index (χ4n) is 1.71. The molecular formula is C16H24BF4Rh. The van der Waals surface area contributed by atoms with Crippen LogP contribution in [0, 0.1) is 0 Å². The van der Waals surface area contributed by atoms with Crippen LogP contribution in [-0.2, 0) is 19.5 Å². The number of halogens is 4. The molecule has 0 nitrogen and oxygen atoms in total. The SMILES string of the molecule is C1=CCCC=CCC1.C1=CCCC=CCC1.F[B-](F)(F)F.[Rh+]. The van der Waals surface area contributed by atoms with Gasteiger partial charge in [0, 0.05) is 0 Å². The van der Waals surface area contributed by atoms with Gasteiger partial charge in [-0.1, -0.05) is 48.6 Å². The zero-order valence-electron chi connectivity index (χ0n) is 12.7. The molecule has 0 fully saturated rings. The monoisotopic (exact) mass is 406 g/mol. The van der Waals surface area contributed by atoms with E-state index in [0.717, 1.165) is 0 Å². The van der Waals surface area contributed by atoms with Crippen LogP contribution in [0.5, 0.6) is 0 Å². The third kappa shape index (κ3) is 27.7. The molecule has 0 heterocycles. The largest absolute Gasteiger partial charge is 1.00 e. The minimum Gasteiger partial charge on any atom is -0.418 e. The normalized spacial score (nSPS) is 17.3. The van der Waals surface area contributed by atoms with E-state index < -0.39 is 7.25 Å². The van der Waals surface area contributed by atoms with E-state index >= 15 is 0 Å². The van der Waals surface area contributed by atoms with Gasteiger partial charge in [0.1, 0.15) is 0 Å². The van der Waals surface area contributed by atoms with Gasteiger partial charge in [-0.25, -0.2) is 0 Å². The molecule has 0 atom stereocenters. The molecule has 2 aliphatic rings. The molecule has 0 unspecified atom stereocenters. The molecule has 0 bridgehead atoms. The minimum absolute atomic E-state index is 0. The van der Waals surface area contributed by atoms with Gasteiger partial charge in [0.25, 0.3) is 0 Å². The van der Waals surface area contributed by atoms with E-state index in [4.69, 9.17) is 0 Å². The van der Waals surface area contributed by atoms with Crippen molar-refractivity contribution in [1.29, 1.82) is 0 Å². The predicted molar refractivity (Wildman–Crippen MR) is 83.7 cm³/mol. The van der Waals surface area contributed by atoms with Crippen molar-refractivity contribution in [3.63, 3.8) is 0 Å². The van der Waals surface area contributed by atoms with Crippen LogP contribution < -0.4 is 0 Å². The van der Waals surface area contributed by atoms with Crippen molar-refractivity contribution in [1.82, 2.24) is 0 Å². The van der Waals surface area contributed by atoms with Gasteiger partial charge in [0.15, 0.2) is 0 Å². The third-order valence-corrected chi connectivity index (χ3v) is 2.67. The Morgan fingerprint density at radius 1 is 0.409 bits per heavy atom. The van der Waals surface area contributed by atoms with E-state index in [-0.39, 0.29) is 19.5 Å². The first kappa shape index (κ1) is 23.6. The van der Waals surface area contributed by atoms with Crippen molar-refractivity contribution >= 4 is 7.25 Å². The van der Waals surface area contributed by atoms with E-state index in [2.05, 4.69) is 48.6 Å². The van der Waals surface area contributed by atoms with Gasteiger partial charge in [0.05, 0.1) is 0 Å². The van der Waals surface area contributed by atoms with E-state index in [1.54, 1.807) is 0 Å². The fraction of sp³-hybridized carbons (Fsp3) is 0.500. The van der Waals surface area contributed by atoms with E-state index in [0.29, 0.717) is 0 Å². The molecule has 0 spiro atoms. The molecule has 0 aromatic heterocycles. The van der Waals surface area contributed by atoms with E-state index in [9.17, 15) is 17.3 Å². The summed E-state index contributed by atoms with van der Waals surface area (Å²) in [7, 11) is -6.00. The number of hydrogen-bond donors (Lipinski definition) is 0. The average Bonchev–Trinajstić information content (AvgIpc) is 2.24. The molecule has 2 aliphatic carbocycles. The van der Waals surface area contributed by atoms with Crippen molar-refractivity contribution in [2.45, 2.75) is 51.4 Å². The second kappa shape index (κ2) is 16.7. The first-order valence-electron chi connectivity index (χ1n) is 7.47. The summed E-state index contributed by atoms with van der Waals surface area (Å²) in [6.07, 6.45) is 28.0. The van der Waals surface area contributed by atoms with Gasteiger partial charge in [0.2, 0.25) is 0 Å². The topological polar surface area (TPSA) is 0 Å². The van der Waals surface area contributed by atoms with Crippen molar-refractivity contribution in [3.8, 4) is 0 Å². The molecule has 0 saturated heterocycles. The molecule has 0 N–H and O–H groups in total. The summed E-state index contributed by atoms with van der Waals surface area (Å²) in [6, 6.07) is 0. The van der Waals surface area contributed by atoms with Crippen LogP contribution in [0.3, 0.4) is 0 Å². The Bertz CT molecular complexity index is 261. The van der Waals surface area contributed by atoms with E-state index in [1.807, 2.05) is 0 Å². The third-order valence-electron chi connectivity index (χ3n) is 2.67. The molecule has 128 valence electrons. The average molecular weight is 406 g/mol. The molecular weight excluding hydrogens is 382 g/mol. The minimum atomic E-state index is -6.00. The molecule has 0 amide bonds. The van der Waals surface area contributed by atoms with Crippen LogP contribution in [0.4, 0.5) is 17.3 Å². The van der Waals surface area contributed by atoms with Gasteiger partial charge in [-0.15, -0.1) is 0 Å². The molecule has 2 rings (SSSR count). The standard InChI is InChI=1S/2C8H12.BF4.Rh/c2*1-2-4-6-8-7-5-3-1;2-1(3,4)5;/h2*1-2,7-8H,3-6H2;;/q;;-1;+1. The van der Waals surface area contributed by atoms with Crippen LogP contribution in [0.25, 0.3) is 0 Å². The van der Waals surface area contributed by atoms with Gasteiger partial charge in [-0.3, -0.25) is 0 Å². The van der Waals surface area contributed by atoms with Gasteiger partial charge in [-0.05, 0) is 51.4 Å². The number of hydrogen-bond acceptors (Lipinski definition) is 0. The van der Waals surface area contributed by atoms with Gasteiger partial charge in [-0.2, -0.15) is 0 Å². The Hall–Kier alpha value is -0.632. The summed E-state index contributed by atoms with van der Waals surface area (Å²) in [5.74, 6) is 0. The number of allylic oxidation sites excluding steroid dienone is 8. The van der Waals surface area contributed by atoms with Crippen LogP contribution in [0.2, 0.25) is 0 Å². The smallest absolute Gasteiger partial charge is 0.418 e. The van der Waals surface area contributed by atoms with Crippen LogP contribution >= 0.6 is 0 Å². The summed E-state index contributed by atoms with van der Waals surface area (Å²) >= 11 is 0. The summed E-state index contributed by atoms with van der Waals surface area (Å²) < 4.78 is 39.0. The maximum absolute atomic E-state index is 9.75. The second-order valence-corrected chi connectivity index (χ2v) is 4.69. The fourth-order valence-corrected chi connectivity index (χ4v) is 1.71. The van der Waals surface area contributed by atoms with E-state index in [1.165, 1.54) is 51.4 Å². The quantitative estimate of drug-likeness (QED) is 0.240. The van der Waals surface area contributed by atoms with Crippen LogP contribution in [-0.4, -0.2) is 7.25 Å². The summed E-state index contributed by atoms with van der Waals surface area (Å²) in [4.78, 5) is 0. The molecule has 0 saturated carbocycles. The van der Waals surface area contributed by atoms with Crippen molar-refractivity contribution in [3.05, 3.63) is 48.6 Å². The Balaban J connectivity index is 0. The summed E-state index contributed by atoms with van der Waals surface area (Å²) in [5.41, 5.74) is 0. The zero-order valence-corrected chi connectivity index (χ0v) is 14.3. The van der Waals surface area contributed by atoms with Crippen LogP contribution in [0.15, 0.2) is 48.6 Å². The van der Waals surface area contributed by atoms with Crippen molar-refractivity contribution in [2.75, 3.05) is 0 Å². The molecule has 0 aromatic rings. The Labute approximate surface area is 144 Å². The number of rotatable bonds is 0.